The SMILES string of the molecule is Cn1cc([C@H]2CNC[C@@H]2C(=O)N2CCCCC2CNC(N)=O)cn1. The zero-order valence-electron chi connectivity index (χ0n) is 14.1. The largest absolute Gasteiger partial charge is 0.352 e. The zero-order valence-corrected chi connectivity index (χ0v) is 14.1. The lowest BCUT2D eigenvalue weighted by atomic mass is 9.88. The van der Waals surface area contributed by atoms with Crippen molar-refractivity contribution in [1.29, 1.82) is 0 Å². The molecule has 3 amide bonds. The van der Waals surface area contributed by atoms with E-state index in [1.807, 2.05) is 24.3 Å². The Bertz CT molecular complexity index is 601. The lowest BCUT2D eigenvalue weighted by molar-refractivity contribution is -0.139. The summed E-state index contributed by atoms with van der Waals surface area (Å²) in [4.78, 5) is 26.1. The van der Waals surface area contributed by atoms with Crippen LogP contribution in [0.25, 0.3) is 0 Å². The van der Waals surface area contributed by atoms with Crippen LogP contribution in [-0.2, 0) is 11.8 Å². The third-order valence-corrected chi connectivity index (χ3v) is 5.11. The first-order chi connectivity index (χ1) is 11.6. The maximum Gasteiger partial charge on any atom is 0.312 e. The van der Waals surface area contributed by atoms with Crippen LogP contribution in [0.5, 0.6) is 0 Å². The molecule has 1 aromatic heterocycles. The van der Waals surface area contributed by atoms with Crippen LogP contribution < -0.4 is 16.4 Å². The second kappa shape index (κ2) is 7.21. The smallest absolute Gasteiger partial charge is 0.312 e. The van der Waals surface area contributed by atoms with Crippen molar-refractivity contribution in [3.63, 3.8) is 0 Å². The number of nitrogens with two attached hydrogens (primary N) is 1. The number of carbonyl (C=O) groups is 2. The van der Waals surface area contributed by atoms with E-state index in [4.69, 9.17) is 5.73 Å². The van der Waals surface area contributed by atoms with Crippen molar-refractivity contribution in [1.82, 2.24) is 25.3 Å². The Kier molecular flexibility index (Phi) is 5.03. The lowest BCUT2D eigenvalue weighted by Crippen LogP contribution is -2.52. The van der Waals surface area contributed by atoms with Crippen LogP contribution in [0.2, 0.25) is 0 Å². The van der Waals surface area contributed by atoms with E-state index in [1.54, 1.807) is 4.68 Å². The van der Waals surface area contributed by atoms with Gasteiger partial charge in [0.05, 0.1) is 12.1 Å². The third kappa shape index (κ3) is 3.53. The number of hydrogen-bond acceptors (Lipinski definition) is 4. The number of amides is 3. The van der Waals surface area contributed by atoms with Gasteiger partial charge in [0.25, 0.3) is 0 Å². The number of primary amides is 1. The van der Waals surface area contributed by atoms with Crippen molar-refractivity contribution in [2.75, 3.05) is 26.2 Å². The fraction of sp³-hybridized carbons (Fsp3) is 0.688. The fourth-order valence-electron chi connectivity index (χ4n) is 3.85. The Morgan fingerprint density at radius 2 is 2.25 bits per heavy atom. The van der Waals surface area contributed by atoms with Crippen LogP contribution in [0, 0.1) is 5.92 Å². The van der Waals surface area contributed by atoms with E-state index in [-0.39, 0.29) is 23.8 Å². The van der Waals surface area contributed by atoms with E-state index in [2.05, 4.69) is 15.7 Å². The molecule has 8 heteroatoms. The number of carbonyl (C=O) groups excluding carboxylic acids is 2. The minimum absolute atomic E-state index is 0.0360. The summed E-state index contributed by atoms with van der Waals surface area (Å²) in [6, 6.07) is -0.502. The molecule has 132 valence electrons. The van der Waals surface area contributed by atoms with Gasteiger partial charge in [0.1, 0.15) is 0 Å². The molecule has 24 heavy (non-hydrogen) atoms. The summed E-state index contributed by atoms with van der Waals surface area (Å²) < 4.78 is 1.77. The number of urea groups is 1. The van der Waals surface area contributed by atoms with E-state index < -0.39 is 6.03 Å². The van der Waals surface area contributed by atoms with Gasteiger partial charge in [0.2, 0.25) is 5.91 Å². The highest BCUT2D eigenvalue weighted by Crippen LogP contribution is 2.31. The Labute approximate surface area is 141 Å². The predicted molar refractivity (Wildman–Crippen MR) is 89.2 cm³/mol. The first-order valence-corrected chi connectivity index (χ1v) is 8.59. The molecule has 0 aliphatic carbocycles. The molecule has 4 N–H and O–H groups in total. The van der Waals surface area contributed by atoms with Crippen molar-refractivity contribution in [3.05, 3.63) is 18.0 Å². The highest BCUT2D eigenvalue weighted by atomic mass is 16.2. The first-order valence-electron chi connectivity index (χ1n) is 8.59. The first kappa shape index (κ1) is 16.8. The molecule has 0 saturated carbocycles. The normalized spacial score (nSPS) is 27.2. The summed E-state index contributed by atoms with van der Waals surface area (Å²) >= 11 is 0. The molecule has 3 rings (SSSR count). The lowest BCUT2D eigenvalue weighted by Gasteiger charge is -2.38. The summed E-state index contributed by atoms with van der Waals surface area (Å²) in [5.41, 5.74) is 6.28. The average Bonchev–Trinajstić information content (AvgIpc) is 3.21. The molecule has 2 saturated heterocycles. The van der Waals surface area contributed by atoms with Crippen molar-refractivity contribution in [2.45, 2.75) is 31.2 Å². The molecule has 3 atom stereocenters. The molecule has 2 fully saturated rings. The van der Waals surface area contributed by atoms with E-state index in [1.165, 1.54) is 0 Å². The standard InChI is InChI=1S/C16H26N6O2/c1-21-10-11(6-20-21)13-8-18-9-14(13)15(23)22-5-3-2-4-12(22)7-19-16(17)24/h6,10,12-14,18H,2-5,7-9H2,1H3,(H3,17,19,24)/t12?,13-,14+/m1/s1. The van der Waals surface area contributed by atoms with Gasteiger partial charge in [-0.1, -0.05) is 0 Å². The van der Waals surface area contributed by atoms with Gasteiger partial charge in [0, 0.05) is 51.4 Å². The number of likely N-dealkylation sites (tertiary alicyclic amines) is 1. The van der Waals surface area contributed by atoms with Crippen LogP contribution in [0.3, 0.4) is 0 Å². The number of hydrogen-bond donors (Lipinski definition) is 3. The van der Waals surface area contributed by atoms with Crippen LogP contribution in [-0.4, -0.2) is 58.8 Å². The molecule has 2 aliphatic heterocycles. The number of aryl methyl sites for hydroxylation is 1. The van der Waals surface area contributed by atoms with Crippen molar-refractivity contribution < 1.29 is 9.59 Å². The highest BCUT2D eigenvalue weighted by molar-refractivity contribution is 5.81. The Hall–Kier alpha value is -2.09. The van der Waals surface area contributed by atoms with Gasteiger partial charge in [-0.2, -0.15) is 5.10 Å². The Morgan fingerprint density at radius 1 is 1.42 bits per heavy atom. The van der Waals surface area contributed by atoms with Crippen molar-refractivity contribution in [3.8, 4) is 0 Å². The number of nitrogens with one attached hydrogen (secondary N) is 2. The molecule has 1 aromatic rings. The van der Waals surface area contributed by atoms with Gasteiger partial charge in [-0.25, -0.2) is 4.79 Å². The molecule has 0 bridgehead atoms. The molecule has 0 aromatic carbocycles. The summed E-state index contributed by atoms with van der Waals surface area (Å²) in [7, 11) is 1.89. The van der Waals surface area contributed by atoms with Crippen LogP contribution in [0.4, 0.5) is 4.79 Å². The Balaban J connectivity index is 1.71. The van der Waals surface area contributed by atoms with Gasteiger partial charge >= 0.3 is 6.03 Å². The predicted octanol–water partition coefficient (Wildman–Crippen LogP) is -0.227. The second-order valence-electron chi connectivity index (χ2n) is 6.74. The van der Waals surface area contributed by atoms with E-state index >= 15 is 0 Å². The second-order valence-corrected chi connectivity index (χ2v) is 6.74. The van der Waals surface area contributed by atoms with Gasteiger partial charge in [-0.15, -0.1) is 0 Å². The monoisotopic (exact) mass is 334 g/mol. The van der Waals surface area contributed by atoms with E-state index in [0.717, 1.165) is 37.9 Å². The van der Waals surface area contributed by atoms with Crippen molar-refractivity contribution >= 4 is 11.9 Å². The zero-order chi connectivity index (χ0) is 17.1. The van der Waals surface area contributed by atoms with E-state index in [0.29, 0.717) is 13.1 Å². The van der Waals surface area contributed by atoms with E-state index in [9.17, 15) is 9.59 Å². The fourth-order valence-corrected chi connectivity index (χ4v) is 3.85. The van der Waals surface area contributed by atoms with Crippen LogP contribution in [0.15, 0.2) is 12.4 Å². The summed E-state index contributed by atoms with van der Waals surface area (Å²) in [5.74, 6) is 0.242. The average molecular weight is 334 g/mol. The number of nitrogens with zero attached hydrogens (tertiary/aromatic N) is 3. The quantitative estimate of drug-likeness (QED) is 0.707. The van der Waals surface area contributed by atoms with Gasteiger partial charge in [-0.05, 0) is 24.8 Å². The molecular formula is C16H26N6O2. The minimum Gasteiger partial charge on any atom is -0.352 e. The molecule has 3 heterocycles. The maximum absolute atomic E-state index is 13.2. The van der Waals surface area contributed by atoms with Gasteiger partial charge in [0.15, 0.2) is 0 Å². The van der Waals surface area contributed by atoms with Crippen LogP contribution >= 0.6 is 0 Å². The molecule has 2 aliphatic rings. The minimum atomic E-state index is -0.538. The van der Waals surface area contributed by atoms with Gasteiger partial charge < -0.3 is 21.3 Å². The van der Waals surface area contributed by atoms with Crippen LogP contribution in [0.1, 0.15) is 30.7 Å². The highest BCUT2D eigenvalue weighted by Gasteiger charge is 2.39. The number of rotatable bonds is 4. The van der Waals surface area contributed by atoms with Crippen molar-refractivity contribution in [2.24, 2.45) is 18.7 Å². The summed E-state index contributed by atoms with van der Waals surface area (Å²) in [6.45, 7) is 2.66. The topological polar surface area (TPSA) is 105 Å². The molecular weight excluding hydrogens is 308 g/mol. The molecule has 8 nitrogen and oxygen atoms in total. The number of piperidine rings is 1. The molecule has 0 spiro atoms. The summed E-state index contributed by atoms with van der Waals surface area (Å²) in [6.07, 6.45) is 6.82. The summed E-state index contributed by atoms with van der Waals surface area (Å²) in [5, 5.41) is 10.2. The maximum atomic E-state index is 13.2. The molecule has 1 unspecified atom stereocenters. The number of aromatic nitrogens is 2. The molecule has 0 radical (unpaired) electrons. The third-order valence-electron chi connectivity index (χ3n) is 5.11. The Morgan fingerprint density at radius 3 is 2.96 bits per heavy atom. The van der Waals surface area contributed by atoms with Gasteiger partial charge in [-0.3, -0.25) is 9.48 Å².